The van der Waals surface area contributed by atoms with Crippen LogP contribution in [0.1, 0.15) is 11.4 Å². The van der Waals surface area contributed by atoms with Crippen molar-refractivity contribution in [3.8, 4) is 0 Å². The Labute approximate surface area is 98.6 Å². The molecule has 7 nitrogen and oxygen atoms in total. The van der Waals surface area contributed by atoms with E-state index >= 15 is 0 Å². The molecule has 0 aliphatic heterocycles. The van der Waals surface area contributed by atoms with Crippen molar-refractivity contribution in [3.63, 3.8) is 0 Å². The van der Waals surface area contributed by atoms with Crippen molar-refractivity contribution in [3.05, 3.63) is 17.6 Å². The zero-order valence-electron chi connectivity index (χ0n) is 9.71. The lowest BCUT2D eigenvalue weighted by Gasteiger charge is -2.13. The molecule has 3 N–H and O–H groups in total. The molecule has 0 fully saturated rings. The summed E-state index contributed by atoms with van der Waals surface area (Å²) in [6, 6.07) is 0. The molecule has 0 unspecified atom stereocenters. The van der Waals surface area contributed by atoms with E-state index < -0.39 is 12.3 Å². The van der Waals surface area contributed by atoms with E-state index in [1.807, 2.05) is 0 Å². The van der Waals surface area contributed by atoms with Gasteiger partial charge in [0.15, 0.2) is 6.29 Å². The molecule has 0 atom stereocenters. The second kappa shape index (κ2) is 6.12. The number of hydrogen-bond donors (Lipinski definition) is 2. The molecule has 0 saturated heterocycles. The summed E-state index contributed by atoms with van der Waals surface area (Å²) in [7, 11) is 3.04. The average Bonchev–Trinajstić information content (AvgIpc) is 2.29. The fourth-order valence-electron chi connectivity index (χ4n) is 1.28. The number of carboxylic acids is 1. The minimum absolute atomic E-state index is 0.121. The van der Waals surface area contributed by atoms with Crippen molar-refractivity contribution < 1.29 is 19.4 Å². The van der Waals surface area contributed by atoms with Gasteiger partial charge in [-0.15, -0.1) is 0 Å². The van der Waals surface area contributed by atoms with Gasteiger partial charge in [0, 0.05) is 26.8 Å². The zero-order chi connectivity index (χ0) is 12.8. The van der Waals surface area contributed by atoms with Crippen molar-refractivity contribution >= 4 is 11.8 Å². The SMILES string of the molecule is COC(Cc1cnc(CC(=O)O)c(N)n1)OC. The summed E-state index contributed by atoms with van der Waals surface area (Å²) < 4.78 is 10.0. The molecule has 1 rings (SSSR count). The van der Waals surface area contributed by atoms with E-state index in [0.717, 1.165) is 0 Å². The zero-order valence-corrected chi connectivity index (χ0v) is 9.71. The van der Waals surface area contributed by atoms with Crippen LogP contribution in [0.3, 0.4) is 0 Å². The van der Waals surface area contributed by atoms with Crippen molar-refractivity contribution in [2.45, 2.75) is 19.1 Å². The summed E-state index contributed by atoms with van der Waals surface area (Å²) in [5, 5.41) is 8.62. The van der Waals surface area contributed by atoms with Crippen LogP contribution < -0.4 is 5.73 Å². The number of ether oxygens (including phenoxy) is 2. The molecule has 0 amide bonds. The van der Waals surface area contributed by atoms with Crippen LogP contribution in [-0.4, -0.2) is 41.6 Å². The van der Waals surface area contributed by atoms with Crippen molar-refractivity contribution in [1.82, 2.24) is 9.97 Å². The summed E-state index contributed by atoms with van der Waals surface area (Å²) in [6.07, 6.45) is 1.21. The lowest BCUT2D eigenvalue weighted by Crippen LogP contribution is -2.18. The first-order chi connectivity index (χ1) is 8.06. The Bertz CT molecular complexity index is 393. The standard InChI is InChI=1S/C10H15N3O4/c1-16-9(17-2)3-6-5-12-7(4-8(14)15)10(11)13-6/h5,9H,3-4H2,1-2H3,(H2,11,13)(H,14,15). The maximum atomic E-state index is 10.5. The predicted octanol–water partition coefficient (Wildman–Crippen LogP) is -0.153. The van der Waals surface area contributed by atoms with Crippen LogP contribution in [0.25, 0.3) is 0 Å². The number of aromatic nitrogens is 2. The Kier molecular flexibility index (Phi) is 4.80. The molecule has 0 bridgehead atoms. The van der Waals surface area contributed by atoms with E-state index in [-0.39, 0.29) is 17.9 Å². The van der Waals surface area contributed by atoms with Crippen molar-refractivity contribution in [2.24, 2.45) is 0 Å². The molecule has 1 aromatic rings. The van der Waals surface area contributed by atoms with Crippen LogP contribution in [0.15, 0.2) is 6.20 Å². The van der Waals surface area contributed by atoms with Gasteiger partial charge in [0.05, 0.1) is 17.8 Å². The number of rotatable bonds is 6. The number of hydrogen-bond acceptors (Lipinski definition) is 6. The van der Waals surface area contributed by atoms with E-state index in [9.17, 15) is 4.79 Å². The third-order valence-corrected chi connectivity index (χ3v) is 2.15. The predicted molar refractivity (Wildman–Crippen MR) is 59.3 cm³/mol. The molecular weight excluding hydrogens is 226 g/mol. The number of anilines is 1. The van der Waals surface area contributed by atoms with Gasteiger partial charge >= 0.3 is 5.97 Å². The van der Waals surface area contributed by atoms with Crippen LogP contribution in [0, 0.1) is 0 Å². The number of carboxylic acid groups (broad SMARTS) is 1. The van der Waals surface area contributed by atoms with Crippen LogP contribution in [0.5, 0.6) is 0 Å². The van der Waals surface area contributed by atoms with Gasteiger partial charge in [-0.25, -0.2) is 4.98 Å². The van der Waals surface area contributed by atoms with Gasteiger partial charge < -0.3 is 20.3 Å². The minimum atomic E-state index is -0.995. The Hall–Kier alpha value is -1.73. The second-order valence-corrected chi connectivity index (χ2v) is 3.37. The molecule has 0 saturated carbocycles. The first kappa shape index (κ1) is 13.3. The van der Waals surface area contributed by atoms with Gasteiger partial charge in [-0.1, -0.05) is 0 Å². The molecule has 7 heteroatoms. The first-order valence-corrected chi connectivity index (χ1v) is 4.94. The summed E-state index contributed by atoms with van der Waals surface area (Å²) in [5.74, 6) is -0.874. The van der Waals surface area contributed by atoms with E-state index in [2.05, 4.69) is 9.97 Å². The van der Waals surface area contributed by atoms with Gasteiger partial charge in [0.1, 0.15) is 5.82 Å². The fraction of sp³-hybridized carbons (Fsp3) is 0.500. The fourth-order valence-corrected chi connectivity index (χ4v) is 1.28. The van der Waals surface area contributed by atoms with Crippen LogP contribution in [0.2, 0.25) is 0 Å². The number of nitrogen functional groups attached to an aromatic ring is 1. The molecule has 0 spiro atoms. The Morgan fingerprint density at radius 1 is 1.53 bits per heavy atom. The van der Waals surface area contributed by atoms with E-state index in [0.29, 0.717) is 12.1 Å². The van der Waals surface area contributed by atoms with Crippen molar-refractivity contribution in [2.75, 3.05) is 20.0 Å². The van der Waals surface area contributed by atoms with Crippen LogP contribution in [-0.2, 0) is 27.1 Å². The Morgan fingerprint density at radius 2 is 2.18 bits per heavy atom. The average molecular weight is 241 g/mol. The molecule has 17 heavy (non-hydrogen) atoms. The lowest BCUT2D eigenvalue weighted by atomic mass is 10.2. The highest BCUT2D eigenvalue weighted by atomic mass is 16.7. The van der Waals surface area contributed by atoms with Gasteiger partial charge in [-0.05, 0) is 0 Å². The maximum absolute atomic E-state index is 10.5. The topological polar surface area (TPSA) is 108 Å². The van der Waals surface area contributed by atoms with E-state index in [1.54, 1.807) is 0 Å². The van der Waals surface area contributed by atoms with Gasteiger partial charge in [0.25, 0.3) is 0 Å². The molecule has 0 radical (unpaired) electrons. The van der Waals surface area contributed by atoms with Gasteiger partial charge in [-0.3, -0.25) is 9.78 Å². The summed E-state index contributed by atoms with van der Waals surface area (Å²) in [5.41, 5.74) is 6.46. The van der Waals surface area contributed by atoms with Gasteiger partial charge in [0.2, 0.25) is 0 Å². The Morgan fingerprint density at radius 3 is 2.65 bits per heavy atom. The summed E-state index contributed by atoms with van der Waals surface area (Å²) in [6.45, 7) is 0. The normalized spacial score (nSPS) is 10.8. The van der Waals surface area contributed by atoms with Crippen molar-refractivity contribution in [1.29, 1.82) is 0 Å². The smallest absolute Gasteiger partial charge is 0.309 e. The number of carbonyl (C=O) groups is 1. The third-order valence-electron chi connectivity index (χ3n) is 2.15. The number of nitrogens with zero attached hydrogens (tertiary/aromatic N) is 2. The quantitative estimate of drug-likeness (QED) is 0.666. The molecule has 1 aromatic heterocycles. The number of nitrogens with two attached hydrogens (primary N) is 1. The maximum Gasteiger partial charge on any atom is 0.309 e. The first-order valence-electron chi connectivity index (χ1n) is 4.94. The monoisotopic (exact) mass is 241 g/mol. The van der Waals surface area contributed by atoms with E-state index in [4.69, 9.17) is 20.3 Å². The van der Waals surface area contributed by atoms with Gasteiger partial charge in [-0.2, -0.15) is 0 Å². The highest BCUT2D eigenvalue weighted by Crippen LogP contribution is 2.09. The molecule has 94 valence electrons. The van der Waals surface area contributed by atoms with E-state index in [1.165, 1.54) is 20.4 Å². The molecule has 0 aliphatic rings. The highest BCUT2D eigenvalue weighted by Gasteiger charge is 2.12. The van der Waals surface area contributed by atoms with Crippen LogP contribution in [0.4, 0.5) is 5.82 Å². The summed E-state index contributed by atoms with van der Waals surface area (Å²) >= 11 is 0. The largest absolute Gasteiger partial charge is 0.481 e. The number of methoxy groups -OCH3 is 2. The molecule has 1 heterocycles. The minimum Gasteiger partial charge on any atom is -0.481 e. The second-order valence-electron chi connectivity index (χ2n) is 3.37. The molecule has 0 aromatic carbocycles. The Balaban J connectivity index is 2.77. The third kappa shape index (κ3) is 3.97. The number of aliphatic carboxylic acids is 1. The van der Waals surface area contributed by atoms with Crippen LogP contribution >= 0.6 is 0 Å². The lowest BCUT2D eigenvalue weighted by molar-refractivity contribution is -0.136. The molecular formula is C10H15N3O4. The summed E-state index contributed by atoms with van der Waals surface area (Å²) in [4.78, 5) is 18.5. The molecule has 0 aliphatic carbocycles. The highest BCUT2D eigenvalue weighted by molar-refractivity contribution is 5.71.